The van der Waals surface area contributed by atoms with Crippen molar-refractivity contribution in [2.75, 3.05) is 0 Å². The molecule has 0 saturated carbocycles. The van der Waals surface area contributed by atoms with E-state index in [0.29, 0.717) is 11.2 Å². The molecule has 0 bridgehead atoms. The van der Waals surface area contributed by atoms with Crippen molar-refractivity contribution in [3.05, 3.63) is 29.6 Å². The molecule has 5 nitrogen and oxygen atoms in total. The van der Waals surface area contributed by atoms with Gasteiger partial charge in [-0.2, -0.15) is 0 Å². The van der Waals surface area contributed by atoms with Crippen LogP contribution in [-0.4, -0.2) is 15.0 Å². The summed E-state index contributed by atoms with van der Waals surface area (Å²) < 4.78 is 0.735. The largest absolute Gasteiger partial charge is 0.710 e. The van der Waals surface area contributed by atoms with E-state index in [9.17, 15) is 5.21 Å². The van der Waals surface area contributed by atoms with Gasteiger partial charge in [-0.1, -0.05) is 13.8 Å². The highest BCUT2D eigenvalue weighted by atomic mass is 16.5. The molecule has 0 aliphatic heterocycles. The summed E-state index contributed by atoms with van der Waals surface area (Å²) in [6.07, 6.45) is 4.34. The molecule has 2 heterocycles. The maximum absolute atomic E-state index is 11.5. The first kappa shape index (κ1) is 8.80. The lowest BCUT2D eigenvalue weighted by Crippen LogP contribution is -2.29. The van der Waals surface area contributed by atoms with Crippen LogP contribution >= 0.6 is 0 Å². The molecular weight excluding hydrogens is 180 g/mol. The molecule has 0 aliphatic rings. The third kappa shape index (κ3) is 1.37. The third-order valence-electron chi connectivity index (χ3n) is 1.97. The smallest absolute Gasteiger partial charge is 0.355 e. The first-order chi connectivity index (χ1) is 6.68. The Morgan fingerprint density at radius 2 is 2.21 bits per heavy atom. The van der Waals surface area contributed by atoms with Gasteiger partial charge in [0.2, 0.25) is 6.33 Å². The molecule has 0 amide bonds. The van der Waals surface area contributed by atoms with E-state index in [1.54, 1.807) is 6.20 Å². The van der Waals surface area contributed by atoms with Crippen molar-refractivity contribution in [1.29, 1.82) is 0 Å². The molecular formula is C9H10N4O. The lowest BCUT2D eigenvalue weighted by Gasteiger charge is -2.07. The Morgan fingerprint density at radius 3 is 2.93 bits per heavy atom. The van der Waals surface area contributed by atoms with Gasteiger partial charge in [-0.3, -0.25) is 0 Å². The second-order valence-corrected chi connectivity index (χ2v) is 3.38. The molecule has 0 radical (unpaired) electrons. The molecule has 0 atom stereocenters. The van der Waals surface area contributed by atoms with Gasteiger partial charge in [0.05, 0.1) is 11.9 Å². The molecule has 14 heavy (non-hydrogen) atoms. The van der Waals surface area contributed by atoms with E-state index in [2.05, 4.69) is 15.0 Å². The third-order valence-corrected chi connectivity index (χ3v) is 1.97. The topological polar surface area (TPSA) is 65.6 Å². The van der Waals surface area contributed by atoms with Crippen LogP contribution in [0.25, 0.3) is 11.2 Å². The lowest BCUT2D eigenvalue weighted by molar-refractivity contribution is -0.580. The summed E-state index contributed by atoms with van der Waals surface area (Å²) in [6.45, 7) is 3.97. The molecule has 0 unspecified atom stereocenters. The number of nitrogens with zero attached hydrogens (tertiary/aromatic N) is 4. The number of fused-ring (bicyclic) bond motifs is 1. The molecule has 2 aromatic heterocycles. The summed E-state index contributed by atoms with van der Waals surface area (Å²) in [5.74, 6) is 0.222. The molecule has 0 aromatic carbocycles. The Balaban J connectivity index is 2.72. The molecule has 2 rings (SSSR count). The monoisotopic (exact) mass is 190 g/mol. The van der Waals surface area contributed by atoms with E-state index in [4.69, 9.17) is 0 Å². The van der Waals surface area contributed by atoms with Gasteiger partial charge in [-0.25, -0.2) is 14.7 Å². The molecule has 0 aliphatic carbocycles. The Hall–Kier alpha value is -1.78. The summed E-state index contributed by atoms with van der Waals surface area (Å²) >= 11 is 0. The van der Waals surface area contributed by atoms with E-state index in [-0.39, 0.29) is 5.92 Å². The van der Waals surface area contributed by atoms with Crippen LogP contribution in [0.2, 0.25) is 0 Å². The van der Waals surface area contributed by atoms with Crippen LogP contribution in [-0.2, 0) is 0 Å². The van der Waals surface area contributed by atoms with E-state index in [0.717, 1.165) is 10.4 Å². The van der Waals surface area contributed by atoms with Crippen LogP contribution in [0.5, 0.6) is 0 Å². The summed E-state index contributed by atoms with van der Waals surface area (Å²) in [5.41, 5.74) is 1.60. The summed E-state index contributed by atoms with van der Waals surface area (Å²) in [6, 6.07) is 0. The molecule has 2 aromatic rings. The van der Waals surface area contributed by atoms with E-state index in [1.165, 1.54) is 12.5 Å². The van der Waals surface area contributed by atoms with E-state index in [1.807, 2.05) is 13.8 Å². The van der Waals surface area contributed by atoms with Crippen molar-refractivity contribution in [3.63, 3.8) is 0 Å². The number of aromatic nitrogens is 4. The minimum atomic E-state index is 0.222. The van der Waals surface area contributed by atoms with Gasteiger partial charge in [0.1, 0.15) is 6.20 Å². The van der Waals surface area contributed by atoms with Gasteiger partial charge in [0.25, 0.3) is 0 Å². The number of hydrogen-bond donors (Lipinski definition) is 0. The Morgan fingerprint density at radius 1 is 1.43 bits per heavy atom. The Labute approximate surface area is 81.0 Å². The zero-order chi connectivity index (χ0) is 10.1. The summed E-state index contributed by atoms with van der Waals surface area (Å²) in [4.78, 5) is 12.0. The molecule has 0 saturated heterocycles. The normalized spacial score (nSPS) is 11.1. The molecule has 0 spiro atoms. The zero-order valence-electron chi connectivity index (χ0n) is 8.01. The van der Waals surface area contributed by atoms with Crippen molar-refractivity contribution in [2.24, 2.45) is 0 Å². The summed E-state index contributed by atoms with van der Waals surface area (Å²) in [5, 5.41) is 11.5. The second kappa shape index (κ2) is 3.17. The fourth-order valence-electron chi connectivity index (χ4n) is 1.19. The van der Waals surface area contributed by atoms with Crippen molar-refractivity contribution in [3.8, 4) is 0 Å². The molecule has 0 N–H and O–H groups in total. The fourth-order valence-corrected chi connectivity index (χ4v) is 1.19. The first-order valence-electron chi connectivity index (χ1n) is 4.38. The number of hydrogen-bond acceptors (Lipinski definition) is 4. The molecule has 5 heteroatoms. The second-order valence-electron chi connectivity index (χ2n) is 3.38. The number of rotatable bonds is 1. The fraction of sp³-hybridized carbons (Fsp3) is 0.333. The Bertz CT molecular complexity index is 469. The summed E-state index contributed by atoms with van der Waals surface area (Å²) in [7, 11) is 0. The van der Waals surface area contributed by atoms with Crippen LogP contribution in [0.1, 0.15) is 25.5 Å². The van der Waals surface area contributed by atoms with Gasteiger partial charge in [-0.15, -0.1) is 0 Å². The first-order valence-corrected chi connectivity index (χ1v) is 4.38. The van der Waals surface area contributed by atoms with Gasteiger partial charge in [0.15, 0.2) is 5.52 Å². The molecule has 0 fully saturated rings. The van der Waals surface area contributed by atoms with Crippen LogP contribution in [0.15, 0.2) is 18.7 Å². The predicted molar refractivity (Wildman–Crippen MR) is 50.4 cm³/mol. The quantitative estimate of drug-likeness (QED) is 0.492. The minimum Gasteiger partial charge on any atom is -0.710 e. The maximum atomic E-state index is 11.5. The Kier molecular flexibility index (Phi) is 1.99. The van der Waals surface area contributed by atoms with Crippen LogP contribution in [0.4, 0.5) is 0 Å². The van der Waals surface area contributed by atoms with Crippen LogP contribution < -0.4 is 4.73 Å². The average Bonchev–Trinajstić information content (AvgIpc) is 2.17. The lowest BCUT2D eigenvalue weighted by atomic mass is 10.1. The van der Waals surface area contributed by atoms with Crippen LogP contribution in [0.3, 0.4) is 0 Å². The predicted octanol–water partition coefficient (Wildman–Crippen LogP) is 0.782. The van der Waals surface area contributed by atoms with E-state index >= 15 is 0 Å². The molecule has 72 valence electrons. The van der Waals surface area contributed by atoms with E-state index < -0.39 is 0 Å². The highest BCUT2D eigenvalue weighted by Crippen LogP contribution is 2.11. The SMILES string of the molecule is CC(C)c1c[n+]([O-])c2ncncc2n1. The van der Waals surface area contributed by atoms with Crippen molar-refractivity contribution in [1.82, 2.24) is 15.0 Å². The highest BCUT2D eigenvalue weighted by molar-refractivity contribution is 5.64. The minimum absolute atomic E-state index is 0.222. The van der Waals surface area contributed by atoms with Gasteiger partial charge >= 0.3 is 5.65 Å². The standard InChI is InChI=1S/C9H10N4O/c1-6(2)8-4-13(14)9-7(12-8)3-10-5-11-9/h3-6H,1-2H3. The van der Waals surface area contributed by atoms with Gasteiger partial charge in [-0.05, 0) is 10.9 Å². The van der Waals surface area contributed by atoms with Crippen molar-refractivity contribution < 1.29 is 4.73 Å². The van der Waals surface area contributed by atoms with Crippen molar-refractivity contribution >= 4 is 11.2 Å². The van der Waals surface area contributed by atoms with Crippen molar-refractivity contribution in [2.45, 2.75) is 19.8 Å². The van der Waals surface area contributed by atoms with Gasteiger partial charge in [0, 0.05) is 0 Å². The van der Waals surface area contributed by atoms with Gasteiger partial charge < -0.3 is 5.21 Å². The average molecular weight is 190 g/mol. The highest BCUT2D eigenvalue weighted by Gasteiger charge is 2.10. The zero-order valence-corrected chi connectivity index (χ0v) is 8.01. The van der Waals surface area contributed by atoms with Crippen LogP contribution in [0, 0.1) is 5.21 Å². The maximum Gasteiger partial charge on any atom is 0.355 e.